The summed E-state index contributed by atoms with van der Waals surface area (Å²) in [5, 5.41) is 5.66. The molecule has 2 aliphatic carbocycles. The van der Waals surface area contributed by atoms with E-state index in [1.54, 1.807) is 6.20 Å². The Bertz CT molecular complexity index is 1390. The third-order valence-electron chi connectivity index (χ3n) is 8.88. The largest absolute Gasteiger partial charge is 0.361 e. The van der Waals surface area contributed by atoms with Gasteiger partial charge in [-0.25, -0.2) is 13.5 Å². The predicted octanol–water partition coefficient (Wildman–Crippen LogP) is 7.29. The van der Waals surface area contributed by atoms with Crippen LogP contribution in [0.2, 0.25) is 0 Å². The second kappa shape index (κ2) is 8.01. The number of fused-ring (bicyclic) bond motifs is 1. The van der Waals surface area contributed by atoms with Gasteiger partial charge in [-0.2, -0.15) is 5.10 Å². The van der Waals surface area contributed by atoms with E-state index in [0.29, 0.717) is 5.92 Å². The van der Waals surface area contributed by atoms with Crippen LogP contribution < -0.4 is 0 Å². The van der Waals surface area contributed by atoms with Gasteiger partial charge in [0.05, 0.1) is 5.69 Å². The molecule has 0 amide bonds. The maximum absolute atomic E-state index is 14.0. The molecule has 1 N–H and O–H groups in total. The number of rotatable bonds is 5. The molecule has 1 atom stereocenters. The van der Waals surface area contributed by atoms with Crippen molar-refractivity contribution < 1.29 is 8.78 Å². The van der Waals surface area contributed by atoms with E-state index in [1.807, 2.05) is 23.1 Å². The molecule has 4 nitrogen and oxygen atoms in total. The monoisotopic (exact) mass is 486 g/mol. The van der Waals surface area contributed by atoms with E-state index >= 15 is 0 Å². The molecule has 186 valence electrons. The van der Waals surface area contributed by atoms with Gasteiger partial charge in [0.2, 0.25) is 5.92 Å². The summed E-state index contributed by atoms with van der Waals surface area (Å²) in [7, 11) is 0. The first-order chi connectivity index (χ1) is 17.4. The molecule has 36 heavy (non-hydrogen) atoms. The zero-order valence-electron chi connectivity index (χ0n) is 20.7. The molecule has 3 aliphatic rings. The molecule has 2 aromatic heterocycles. The number of piperidine rings is 1. The van der Waals surface area contributed by atoms with Gasteiger partial charge in [0.15, 0.2) is 0 Å². The molecule has 1 spiro atoms. The summed E-state index contributed by atoms with van der Waals surface area (Å²) in [5.41, 5.74) is 7.43. The molecular weight excluding hydrogens is 454 g/mol. The number of H-pyrrole nitrogens is 1. The molecule has 3 heterocycles. The molecule has 0 unspecified atom stereocenters. The Kier molecular flexibility index (Phi) is 4.94. The van der Waals surface area contributed by atoms with Crippen LogP contribution in [-0.2, 0) is 6.54 Å². The maximum atomic E-state index is 14.0. The van der Waals surface area contributed by atoms with Gasteiger partial charge in [-0.15, -0.1) is 0 Å². The molecule has 0 bridgehead atoms. The second-order valence-corrected chi connectivity index (χ2v) is 11.5. The highest BCUT2D eigenvalue weighted by molar-refractivity contribution is 5.87. The minimum atomic E-state index is -2.50. The summed E-state index contributed by atoms with van der Waals surface area (Å²) < 4.78 is 30.0. The number of aryl methyl sites for hydroxylation is 1. The van der Waals surface area contributed by atoms with Gasteiger partial charge in [0.25, 0.3) is 0 Å². The molecule has 6 heteroatoms. The van der Waals surface area contributed by atoms with E-state index in [-0.39, 0.29) is 24.3 Å². The van der Waals surface area contributed by atoms with Crippen molar-refractivity contribution in [1.82, 2.24) is 19.7 Å². The lowest BCUT2D eigenvalue weighted by molar-refractivity contribution is -0.186. The number of likely N-dealkylation sites (tertiary alicyclic amines) is 1. The first-order valence-corrected chi connectivity index (χ1v) is 13.2. The van der Waals surface area contributed by atoms with Gasteiger partial charge in [-0.1, -0.05) is 18.2 Å². The fourth-order valence-corrected chi connectivity index (χ4v) is 6.97. The van der Waals surface area contributed by atoms with Gasteiger partial charge in [-0.05, 0) is 97.0 Å². The summed E-state index contributed by atoms with van der Waals surface area (Å²) in [6, 6.07) is 15.2. The van der Waals surface area contributed by atoms with E-state index in [4.69, 9.17) is 0 Å². The number of nitrogens with zero attached hydrogens (tertiary/aromatic N) is 3. The Morgan fingerprint density at radius 1 is 1.11 bits per heavy atom. The third kappa shape index (κ3) is 3.78. The number of hydrogen-bond donors (Lipinski definition) is 1. The Morgan fingerprint density at radius 3 is 2.61 bits per heavy atom. The van der Waals surface area contributed by atoms with Crippen LogP contribution in [0, 0.1) is 12.3 Å². The Hall–Kier alpha value is -2.99. The number of halogens is 2. The Morgan fingerprint density at radius 2 is 1.92 bits per heavy atom. The fourth-order valence-electron chi connectivity index (χ4n) is 6.97. The van der Waals surface area contributed by atoms with Crippen LogP contribution in [0.5, 0.6) is 0 Å². The number of benzene rings is 2. The summed E-state index contributed by atoms with van der Waals surface area (Å²) in [6.45, 7) is 3.91. The van der Waals surface area contributed by atoms with Gasteiger partial charge < -0.3 is 4.98 Å². The lowest BCUT2D eigenvalue weighted by atomic mass is 9.59. The highest BCUT2D eigenvalue weighted by Gasteiger charge is 2.58. The van der Waals surface area contributed by atoms with Gasteiger partial charge in [-0.3, -0.25) is 4.90 Å². The minimum Gasteiger partial charge on any atom is -0.361 e. The zero-order chi connectivity index (χ0) is 24.5. The lowest BCUT2D eigenvalue weighted by Gasteiger charge is -2.54. The van der Waals surface area contributed by atoms with Crippen LogP contribution in [-0.4, -0.2) is 32.1 Å². The van der Waals surface area contributed by atoms with Crippen molar-refractivity contribution >= 4 is 10.9 Å². The molecule has 1 aliphatic heterocycles. The molecule has 4 aromatic rings. The average molecular weight is 487 g/mol. The quantitative estimate of drug-likeness (QED) is 0.322. The molecular formula is C30H32F2N4. The lowest BCUT2D eigenvalue weighted by Crippen LogP contribution is -2.53. The Labute approximate surface area is 210 Å². The topological polar surface area (TPSA) is 36.9 Å². The molecule has 2 aromatic carbocycles. The van der Waals surface area contributed by atoms with Crippen molar-refractivity contribution in [2.24, 2.45) is 5.41 Å². The predicted molar refractivity (Wildman–Crippen MR) is 138 cm³/mol. The highest BCUT2D eigenvalue weighted by Crippen LogP contribution is 2.60. The first-order valence-electron chi connectivity index (χ1n) is 13.2. The van der Waals surface area contributed by atoms with Gasteiger partial charge in [0, 0.05) is 54.9 Å². The van der Waals surface area contributed by atoms with Crippen LogP contribution in [0.25, 0.3) is 16.6 Å². The van der Waals surface area contributed by atoms with Crippen molar-refractivity contribution in [3.05, 3.63) is 83.3 Å². The van der Waals surface area contributed by atoms with Crippen molar-refractivity contribution in [3.63, 3.8) is 0 Å². The number of alkyl halides is 2. The summed E-state index contributed by atoms with van der Waals surface area (Å²) >= 11 is 0. The molecule has 1 saturated heterocycles. The zero-order valence-corrected chi connectivity index (χ0v) is 20.7. The van der Waals surface area contributed by atoms with Crippen LogP contribution in [0.4, 0.5) is 8.78 Å². The number of nitrogens with one attached hydrogen (secondary N) is 1. The maximum Gasteiger partial charge on any atom is 0.249 e. The third-order valence-corrected chi connectivity index (χ3v) is 8.88. The summed E-state index contributed by atoms with van der Waals surface area (Å²) in [6.07, 6.45) is 10.0. The molecule has 2 saturated carbocycles. The van der Waals surface area contributed by atoms with Crippen molar-refractivity contribution in [3.8, 4) is 5.69 Å². The Balaban J connectivity index is 1.25. The van der Waals surface area contributed by atoms with E-state index < -0.39 is 5.92 Å². The standard InChI is InChI=1S/C30H32F2N4/c1-20-15-25(21-3-4-21)26(24-9-12-33-28(20)24)17-35-14-10-29(18-30(31,32)19-29)16-27(35)22-5-7-23(8-6-22)36-13-2-11-34-36/h2,5-9,11-13,15,21,27,33H,3-4,10,14,16-19H2,1H3/t27-/m1/s1. The van der Waals surface area contributed by atoms with Crippen molar-refractivity contribution in [2.45, 2.75) is 69.9 Å². The SMILES string of the molecule is Cc1cc(C2CC2)c(CN2CCC3(C[C@@H]2c2ccc(-n4cccn4)cc2)CC(F)(F)C3)c2cc[nH]c12. The van der Waals surface area contributed by atoms with Crippen LogP contribution in [0.1, 0.15) is 72.7 Å². The van der Waals surface area contributed by atoms with Crippen LogP contribution >= 0.6 is 0 Å². The molecule has 3 fully saturated rings. The number of aromatic amines is 1. The van der Waals surface area contributed by atoms with E-state index in [9.17, 15) is 8.78 Å². The smallest absolute Gasteiger partial charge is 0.249 e. The van der Waals surface area contributed by atoms with E-state index in [0.717, 1.165) is 31.6 Å². The van der Waals surface area contributed by atoms with Crippen molar-refractivity contribution in [1.29, 1.82) is 0 Å². The van der Waals surface area contributed by atoms with Gasteiger partial charge in [0.1, 0.15) is 0 Å². The van der Waals surface area contributed by atoms with Gasteiger partial charge >= 0.3 is 0 Å². The number of hydrogen-bond acceptors (Lipinski definition) is 2. The normalized spacial score (nSPS) is 23.2. The second-order valence-electron chi connectivity index (χ2n) is 11.5. The highest BCUT2D eigenvalue weighted by atomic mass is 19.3. The number of aromatic nitrogens is 3. The minimum absolute atomic E-state index is 0.0373. The van der Waals surface area contributed by atoms with E-state index in [2.05, 4.69) is 58.3 Å². The van der Waals surface area contributed by atoms with Crippen LogP contribution in [0.3, 0.4) is 0 Å². The van der Waals surface area contributed by atoms with Crippen molar-refractivity contribution in [2.75, 3.05) is 6.54 Å². The average Bonchev–Trinajstić information content (AvgIpc) is 3.31. The summed E-state index contributed by atoms with van der Waals surface area (Å²) in [4.78, 5) is 6.01. The van der Waals surface area contributed by atoms with Crippen LogP contribution in [0.15, 0.2) is 61.1 Å². The molecule has 7 rings (SSSR count). The molecule has 0 radical (unpaired) electrons. The first kappa shape index (κ1) is 22.2. The fraction of sp³-hybridized carbons (Fsp3) is 0.433. The van der Waals surface area contributed by atoms with E-state index in [1.165, 1.54) is 46.0 Å². The summed E-state index contributed by atoms with van der Waals surface area (Å²) in [5.74, 6) is -1.84.